The Morgan fingerprint density at radius 1 is 1.03 bits per heavy atom. The maximum atomic E-state index is 14.1. The fraction of sp³-hybridized carbons (Fsp3) is 0.100. The molecule has 0 spiro atoms. The highest BCUT2D eigenvalue weighted by atomic mass is 32.2. The Labute approximate surface area is 165 Å². The lowest BCUT2D eigenvalue weighted by atomic mass is 10.0. The second kappa shape index (κ2) is 7.07. The number of aromatic nitrogens is 3. The highest BCUT2D eigenvalue weighted by Crippen LogP contribution is 2.33. The van der Waals surface area contributed by atoms with Crippen molar-refractivity contribution in [2.75, 3.05) is 6.26 Å². The van der Waals surface area contributed by atoms with Gasteiger partial charge in [0.1, 0.15) is 5.82 Å². The Hall–Kier alpha value is -3.07. The first-order valence-electron chi connectivity index (χ1n) is 8.40. The van der Waals surface area contributed by atoms with Gasteiger partial charge in [-0.2, -0.15) is 18.3 Å². The minimum Gasteiger partial charge on any atom is -0.253 e. The molecule has 9 heteroatoms. The van der Waals surface area contributed by atoms with E-state index in [1.54, 1.807) is 24.3 Å². The number of para-hydroxylation sites is 1. The molecule has 0 aliphatic carbocycles. The van der Waals surface area contributed by atoms with E-state index in [4.69, 9.17) is 0 Å². The van der Waals surface area contributed by atoms with Crippen molar-refractivity contribution < 1.29 is 21.8 Å². The van der Waals surface area contributed by atoms with Gasteiger partial charge in [-0.25, -0.2) is 14.1 Å². The van der Waals surface area contributed by atoms with Gasteiger partial charge in [0.2, 0.25) is 0 Å². The first-order valence-corrected chi connectivity index (χ1v) is 9.96. The smallest absolute Gasteiger partial charge is 0.253 e. The minimum absolute atomic E-state index is 0.195. The number of alkyl halides is 3. The number of benzene rings is 2. The first-order chi connectivity index (χ1) is 13.8. The van der Waals surface area contributed by atoms with Gasteiger partial charge < -0.3 is 0 Å². The Morgan fingerprint density at radius 3 is 2.45 bits per heavy atom. The Kier molecular flexibility index (Phi) is 4.70. The van der Waals surface area contributed by atoms with E-state index < -0.39 is 28.4 Å². The molecule has 29 heavy (non-hydrogen) atoms. The van der Waals surface area contributed by atoms with Crippen molar-refractivity contribution >= 4 is 21.7 Å². The van der Waals surface area contributed by atoms with Crippen LogP contribution in [0.1, 0.15) is 5.56 Å². The zero-order chi connectivity index (χ0) is 20.8. The monoisotopic (exact) mass is 419 g/mol. The number of fused-ring (bicyclic) bond motifs is 1. The maximum absolute atomic E-state index is 14.1. The standard InChI is InChI=1S/C20H13F4N3OS/c1-29(28)19-14-4-2-3-5-17(14)27(26-19)18-9-6-12(11-25-18)15-10-13(20(22,23)24)7-8-16(15)21/h2-11H,1H3. The summed E-state index contributed by atoms with van der Waals surface area (Å²) in [6.45, 7) is 0. The molecule has 0 fully saturated rings. The number of pyridine rings is 1. The topological polar surface area (TPSA) is 47.8 Å². The molecular weight excluding hydrogens is 406 g/mol. The van der Waals surface area contributed by atoms with Crippen LogP contribution in [0.4, 0.5) is 17.6 Å². The van der Waals surface area contributed by atoms with Crippen LogP contribution in [-0.2, 0) is 17.0 Å². The average molecular weight is 419 g/mol. The summed E-state index contributed by atoms with van der Waals surface area (Å²) in [6.07, 6.45) is -1.77. The molecule has 2 aromatic heterocycles. The highest BCUT2D eigenvalue weighted by molar-refractivity contribution is 7.84. The van der Waals surface area contributed by atoms with Crippen molar-refractivity contribution in [1.29, 1.82) is 0 Å². The summed E-state index contributed by atoms with van der Waals surface area (Å²) < 4.78 is 66.4. The van der Waals surface area contributed by atoms with Crippen LogP contribution in [-0.4, -0.2) is 25.2 Å². The van der Waals surface area contributed by atoms with E-state index in [1.807, 2.05) is 0 Å². The van der Waals surface area contributed by atoms with E-state index in [0.717, 1.165) is 12.1 Å². The summed E-state index contributed by atoms with van der Waals surface area (Å²) in [7, 11) is -1.32. The normalized spacial score (nSPS) is 13.0. The summed E-state index contributed by atoms with van der Waals surface area (Å²) in [5, 5.41) is 5.47. The van der Waals surface area contributed by atoms with Crippen LogP contribution in [0.15, 0.2) is 65.8 Å². The van der Waals surface area contributed by atoms with Gasteiger partial charge in [-0.1, -0.05) is 12.1 Å². The molecule has 0 radical (unpaired) electrons. The molecule has 4 aromatic rings. The lowest BCUT2D eigenvalue weighted by Crippen LogP contribution is -2.05. The fourth-order valence-corrected chi connectivity index (χ4v) is 3.70. The fourth-order valence-electron chi connectivity index (χ4n) is 3.02. The van der Waals surface area contributed by atoms with Crippen molar-refractivity contribution in [3.8, 4) is 16.9 Å². The molecule has 148 valence electrons. The van der Waals surface area contributed by atoms with Crippen LogP contribution >= 0.6 is 0 Å². The van der Waals surface area contributed by atoms with Crippen LogP contribution in [0.2, 0.25) is 0 Å². The SMILES string of the molecule is CS(=O)c1nn(-c2ccc(-c3cc(C(F)(F)F)ccc3F)cn2)c2ccccc12. The summed E-state index contributed by atoms with van der Waals surface area (Å²) in [4.78, 5) is 4.23. The second-order valence-electron chi connectivity index (χ2n) is 6.29. The molecule has 0 N–H and O–H groups in total. The van der Waals surface area contributed by atoms with Crippen LogP contribution in [0.25, 0.3) is 27.8 Å². The van der Waals surface area contributed by atoms with Gasteiger partial charge in [-0.15, -0.1) is 0 Å². The number of hydrogen-bond acceptors (Lipinski definition) is 3. The second-order valence-corrected chi connectivity index (χ2v) is 7.58. The van der Waals surface area contributed by atoms with Crippen LogP contribution in [0.5, 0.6) is 0 Å². The van der Waals surface area contributed by atoms with Crippen molar-refractivity contribution in [3.63, 3.8) is 0 Å². The summed E-state index contributed by atoms with van der Waals surface area (Å²) in [5.41, 5.74) is -0.248. The van der Waals surface area contributed by atoms with Gasteiger partial charge in [0.25, 0.3) is 0 Å². The Bertz CT molecular complexity index is 1230. The number of halogens is 4. The third kappa shape index (κ3) is 3.53. The predicted molar refractivity (Wildman–Crippen MR) is 102 cm³/mol. The van der Waals surface area contributed by atoms with Crippen molar-refractivity contribution in [2.24, 2.45) is 0 Å². The molecule has 4 rings (SSSR count). The van der Waals surface area contributed by atoms with E-state index in [-0.39, 0.29) is 11.1 Å². The zero-order valence-electron chi connectivity index (χ0n) is 14.9. The molecule has 2 aromatic carbocycles. The van der Waals surface area contributed by atoms with Crippen molar-refractivity contribution in [2.45, 2.75) is 11.2 Å². The van der Waals surface area contributed by atoms with Gasteiger partial charge in [-0.05, 0) is 42.5 Å². The molecule has 0 amide bonds. The van der Waals surface area contributed by atoms with Gasteiger partial charge in [-0.3, -0.25) is 4.21 Å². The van der Waals surface area contributed by atoms with Crippen LogP contribution < -0.4 is 0 Å². The quantitative estimate of drug-likeness (QED) is 0.440. The molecule has 0 saturated carbocycles. The van der Waals surface area contributed by atoms with Crippen LogP contribution in [0.3, 0.4) is 0 Å². The highest BCUT2D eigenvalue weighted by Gasteiger charge is 2.31. The van der Waals surface area contributed by atoms with Gasteiger partial charge in [0.05, 0.1) is 21.9 Å². The van der Waals surface area contributed by atoms with Crippen molar-refractivity contribution in [1.82, 2.24) is 14.8 Å². The van der Waals surface area contributed by atoms with Crippen molar-refractivity contribution in [3.05, 3.63) is 72.2 Å². The zero-order valence-corrected chi connectivity index (χ0v) is 15.8. The van der Waals surface area contributed by atoms with Gasteiger partial charge in [0, 0.05) is 29.0 Å². The van der Waals surface area contributed by atoms with E-state index in [0.29, 0.717) is 27.8 Å². The van der Waals surface area contributed by atoms with E-state index >= 15 is 0 Å². The summed E-state index contributed by atoms with van der Waals surface area (Å²) in [5.74, 6) is -0.408. The lowest BCUT2D eigenvalue weighted by molar-refractivity contribution is -0.137. The number of rotatable bonds is 3. The number of nitrogens with zero attached hydrogens (tertiary/aromatic N) is 3. The maximum Gasteiger partial charge on any atom is 0.416 e. The van der Waals surface area contributed by atoms with Gasteiger partial charge in [0.15, 0.2) is 10.8 Å². The Balaban J connectivity index is 1.79. The van der Waals surface area contributed by atoms with E-state index in [1.165, 1.54) is 29.3 Å². The Morgan fingerprint density at radius 2 is 1.79 bits per heavy atom. The third-order valence-corrected chi connectivity index (χ3v) is 5.24. The molecular formula is C20H13F4N3OS. The van der Waals surface area contributed by atoms with Gasteiger partial charge >= 0.3 is 6.18 Å². The molecule has 4 nitrogen and oxygen atoms in total. The first kappa shape index (κ1) is 19.3. The van der Waals surface area contributed by atoms with E-state index in [9.17, 15) is 21.8 Å². The molecule has 0 saturated heterocycles. The largest absolute Gasteiger partial charge is 0.416 e. The predicted octanol–water partition coefficient (Wildman–Crippen LogP) is 4.98. The molecule has 1 atom stereocenters. The summed E-state index contributed by atoms with van der Waals surface area (Å²) in [6, 6.07) is 12.4. The summed E-state index contributed by atoms with van der Waals surface area (Å²) >= 11 is 0. The van der Waals surface area contributed by atoms with Crippen LogP contribution in [0, 0.1) is 5.82 Å². The average Bonchev–Trinajstić information content (AvgIpc) is 3.08. The molecule has 2 heterocycles. The molecule has 0 aliphatic heterocycles. The number of hydrogen-bond donors (Lipinski definition) is 0. The minimum atomic E-state index is -4.57. The molecule has 0 bridgehead atoms. The van der Waals surface area contributed by atoms with E-state index in [2.05, 4.69) is 10.1 Å². The lowest BCUT2D eigenvalue weighted by Gasteiger charge is -2.10. The molecule has 1 unspecified atom stereocenters. The molecule has 0 aliphatic rings. The third-order valence-electron chi connectivity index (χ3n) is 4.40.